The van der Waals surface area contributed by atoms with E-state index in [4.69, 9.17) is 4.52 Å². The monoisotopic (exact) mass is 343 g/mol. The molecule has 0 saturated carbocycles. The SMILES string of the molecule is CS(=O)(=O)N1CCCCC1c1nc(-c2ccc(F)c(F)c2)no1. The van der Waals surface area contributed by atoms with Crippen LogP contribution in [-0.2, 0) is 10.0 Å². The highest BCUT2D eigenvalue weighted by atomic mass is 32.2. The van der Waals surface area contributed by atoms with Gasteiger partial charge in [-0.3, -0.25) is 0 Å². The molecule has 3 rings (SSSR count). The molecule has 1 aromatic heterocycles. The number of benzene rings is 1. The molecule has 0 aliphatic carbocycles. The second kappa shape index (κ2) is 5.97. The van der Waals surface area contributed by atoms with E-state index in [-0.39, 0.29) is 17.3 Å². The summed E-state index contributed by atoms with van der Waals surface area (Å²) in [5.41, 5.74) is 0.264. The topological polar surface area (TPSA) is 76.3 Å². The minimum Gasteiger partial charge on any atom is -0.337 e. The molecule has 2 heterocycles. The Morgan fingerprint density at radius 1 is 1.26 bits per heavy atom. The number of piperidine rings is 1. The zero-order valence-corrected chi connectivity index (χ0v) is 13.2. The van der Waals surface area contributed by atoms with Crippen molar-refractivity contribution in [3.63, 3.8) is 0 Å². The molecule has 1 aliphatic rings. The highest BCUT2D eigenvalue weighted by Crippen LogP contribution is 2.32. The average molecular weight is 343 g/mol. The van der Waals surface area contributed by atoms with Crippen LogP contribution in [0.3, 0.4) is 0 Å². The molecule has 0 radical (unpaired) electrons. The minimum atomic E-state index is -3.39. The second-order valence-corrected chi connectivity index (χ2v) is 7.41. The Kier molecular flexibility index (Phi) is 4.15. The number of sulfonamides is 1. The molecular formula is C14H15F2N3O3S. The Morgan fingerprint density at radius 3 is 2.74 bits per heavy atom. The van der Waals surface area contributed by atoms with E-state index in [9.17, 15) is 17.2 Å². The normalized spacial score (nSPS) is 19.9. The molecule has 1 fully saturated rings. The van der Waals surface area contributed by atoms with Gasteiger partial charge < -0.3 is 4.52 Å². The zero-order chi connectivity index (χ0) is 16.6. The van der Waals surface area contributed by atoms with Crippen molar-refractivity contribution in [2.75, 3.05) is 12.8 Å². The highest BCUT2D eigenvalue weighted by Gasteiger charge is 2.34. The third-order valence-electron chi connectivity index (χ3n) is 3.78. The third kappa shape index (κ3) is 3.25. The first-order valence-electron chi connectivity index (χ1n) is 7.12. The van der Waals surface area contributed by atoms with Gasteiger partial charge in [-0.25, -0.2) is 17.2 Å². The maximum atomic E-state index is 13.3. The summed E-state index contributed by atoms with van der Waals surface area (Å²) in [4.78, 5) is 4.17. The van der Waals surface area contributed by atoms with Gasteiger partial charge in [0.05, 0.1) is 6.26 Å². The van der Waals surface area contributed by atoms with Crippen molar-refractivity contribution in [3.8, 4) is 11.4 Å². The summed E-state index contributed by atoms with van der Waals surface area (Å²) in [6.45, 7) is 0.395. The van der Waals surface area contributed by atoms with E-state index < -0.39 is 27.7 Å². The molecule has 1 atom stereocenters. The quantitative estimate of drug-likeness (QED) is 0.856. The lowest BCUT2D eigenvalue weighted by atomic mass is 10.1. The van der Waals surface area contributed by atoms with Gasteiger partial charge in [-0.1, -0.05) is 11.6 Å². The first-order chi connectivity index (χ1) is 10.9. The number of halogens is 2. The van der Waals surface area contributed by atoms with E-state index in [1.54, 1.807) is 0 Å². The van der Waals surface area contributed by atoms with Gasteiger partial charge in [0, 0.05) is 12.1 Å². The molecular weight excluding hydrogens is 328 g/mol. The number of hydrogen-bond acceptors (Lipinski definition) is 5. The molecule has 23 heavy (non-hydrogen) atoms. The number of rotatable bonds is 3. The van der Waals surface area contributed by atoms with Gasteiger partial charge in [0.1, 0.15) is 6.04 Å². The summed E-state index contributed by atoms with van der Waals surface area (Å²) in [5, 5.41) is 3.75. The van der Waals surface area contributed by atoms with Gasteiger partial charge in [0.2, 0.25) is 21.7 Å². The van der Waals surface area contributed by atoms with Crippen LogP contribution in [0, 0.1) is 11.6 Å². The van der Waals surface area contributed by atoms with Gasteiger partial charge in [0.25, 0.3) is 0 Å². The fourth-order valence-corrected chi connectivity index (χ4v) is 3.79. The molecule has 1 unspecified atom stereocenters. The van der Waals surface area contributed by atoms with Gasteiger partial charge in [-0.15, -0.1) is 0 Å². The molecule has 6 nitrogen and oxygen atoms in total. The molecule has 2 aromatic rings. The van der Waals surface area contributed by atoms with Crippen LogP contribution in [0.1, 0.15) is 31.2 Å². The molecule has 0 N–H and O–H groups in total. The smallest absolute Gasteiger partial charge is 0.245 e. The van der Waals surface area contributed by atoms with Crippen LogP contribution >= 0.6 is 0 Å². The standard InChI is InChI=1S/C14H15F2N3O3S/c1-23(20,21)19-7-3-2-4-12(19)14-17-13(18-22-14)9-5-6-10(15)11(16)8-9/h5-6,8,12H,2-4,7H2,1H3. The number of hydrogen-bond donors (Lipinski definition) is 0. The first kappa shape index (κ1) is 16.0. The predicted octanol–water partition coefficient (Wildman–Crippen LogP) is 2.50. The molecule has 1 aromatic carbocycles. The van der Waals surface area contributed by atoms with Crippen LogP contribution in [0.5, 0.6) is 0 Å². The van der Waals surface area contributed by atoms with Crippen molar-refractivity contribution >= 4 is 10.0 Å². The molecule has 9 heteroatoms. The van der Waals surface area contributed by atoms with E-state index in [1.807, 2.05) is 0 Å². The van der Waals surface area contributed by atoms with E-state index >= 15 is 0 Å². The van der Waals surface area contributed by atoms with Crippen molar-refractivity contribution < 1.29 is 21.7 Å². The fraction of sp³-hybridized carbons (Fsp3) is 0.429. The number of aromatic nitrogens is 2. The van der Waals surface area contributed by atoms with Crippen molar-refractivity contribution in [2.24, 2.45) is 0 Å². The third-order valence-corrected chi connectivity index (χ3v) is 5.07. The first-order valence-corrected chi connectivity index (χ1v) is 8.97. The van der Waals surface area contributed by atoms with Crippen LogP contribution in [0.15, 0.2) is 22.7 Å². The summed E-state index contributed by atoms with van der Waals surface area (Å²) in [6, 6.07) is 2.76. The van der Waals surface area contributed by atoms with E-state index in [1.165, 1.54) is 10.4 Å². The lowest BCUT2D eigenvalue weighted by Crippen LogP contribution is -2.37. The summed E-state index contributed by atoms with van der Waals surface area (Å²) < 4.78 is 56.5. The molecule has 124 valence electrons. The molecule has 0 bridgehead atoms. The van der Waals surface area contributed by atoms with Crippen LogP contribution < -0.4 is 0 Å². The lowest BCUT2D eigenvalue weighted by Gasteiger charge is -2.30. The maximum absolute atomic E-state index is 13.3. The molecule has 1 saturated heterocycles. The van der Waals surface area contributed by atoms with Crippen molar-refractivity contribution in [3.05, 3.63) is 35.7 Å². The van der Waals surface area contributed by atoms with Crippen molar-refractivity contribution in [2.45, 2.75) is 25.3 Å². The Labute approximate surface area is 132 Å². The number of nitrogens with zero attached hydrogens (tertiary/aromatic N) is 3. The Morgan fingerprint density at radius 2 is 2.04 bits per heavy atom. The summed E-state index contributed by atoms with van der Waals surface area (Å²) in [6.07, 6.45) is 3.33. The highest BCUT2D eigenvalue weighted by molar-refractivity contribution is 7.88. The van der Waals surface area contributed by atoms with Crippen LogP contribution in [0.4, 0.5) is 8.78 Å². The van der Waals surface area contributed by atoms with Gasteiger partial charge >= 0.3 is 0 Å². The summed E-state index contributed by atoms with van der Waals surface area (Å²) >= 11 is 0. The zero-order valence-electron chi connectivity index (χ0n) is 12.4. The average Bonchev–Trinajstić information content (AvgIpc) is 2.99. The van der Waals surface area contributed by atoms with Crippen LogP contribution in [0.2, 0.25) is 0 Å². The minimum absolute atomic E-state index is 0.0953. The van der Waals surface area contributed by atoms with Crippen LogP contribution in [-0.4, -0.2) is 35.7 Å². The predicted molar refractivity (Wildman–Crippen MR) is 77.8 cm³/mol. The lowest BCUT2D eigenvalue weighted by molar-refractivity contribution is 0.206. The van der Waals surface area contributed by atoms with E-state index in [2.05, 4.69) is 10.1 Å². The Hall–Kier alpha value is -1.87. The fourth-order valence-electron chi connectivity index (χ4n) is 2.67. The van der Waals surface area contributed by atoms with E-state index in [0.29, 0.717) is 13.0 Å². The summed E-state index contributed by atoms with van der Waals surface area (Å²) in [5.74, 6) is -1.72. The maximum Gasteiger partial charge on any atom is 0.245 e. The van der Waals surface area contributed by atoms with Gasteiger partial charge in [-0.05, 0) is 31.0 Å². The van der Waals surface area contributed by atoms with Crippen LogP contribution in [0.25, 0.3) is 11.4 Å². The summed E-state index contributed by atoms with van der Waals surface area (Å²) in [7, 11) is -3.39. The largest absolute Gasteiger partial charge is 0.337 e. The molecule has 0 spiro atoms. The Bertz CT molecular complexity index is 822. The van der Waals surface area contributed by atoms with Crippen molar-refractivity contribution in [1.29, 1.82) is 0 Å². The van der Waals surface area contributed by atoms with Gasteiger partial charge in [0.15, 0.2) is 11.6 Å². The molecule has 0 amide bonds. The molecule has 1 aliphatic heterocycles. The van der Waals surface area contributed by atoms with Crippen molar-refractivity contribution in [1.82, 2.24) is 14.4 Å². The van der Waals surface area contributed by atoms with Gasteiger partial charge in [-0.2, -0.15) is 9.29 Å². The Balaban J connectivity index is 1.92. The second-order valence-electron chi connectivity index (χ2n) is 5.47. The van der Waals surface area contributed by atoms with E-state index in [0.717, 1.165) is 31.2 Å².